The molecule has 0 heterocycles. The molecule has 1 fully saturated rings. The van der Waals surface area contributed by atoms with Crippen LogP contribution in [0, 0.1) is 5.92 Å². The smallest absolute Gasteiger partial charge is 0.0564 e. The van der Waals surface area contributed by atoms with Crippen LogP contribution in [0.4, 0.5) is 0 Å². The van der Waals surface area contributed by atoms with Gasteiger partial charge >= 0.3 is 0 Å². The van der Waals surface area contributed by atoms with Crippen molar-refractivity contribution in [2.75, 3.05) is 6.54 Å². The fraction of sp³-hybridized carbons (Fsp3) is 0.571. The second kappa shape index (κ2) is 6.69. The minimum atomic E-state index is -0.958. The van der Waals surface area contributed by atoms with Crippen LogP contribution >= 0.6 is 11.6 Å². The number of benzene rings is 1. The van der Waals surface area contributed by atoms with E-state index in [4.69, 9.17) is 17.3 Å². The van der Waals surface area contributed by atoms with E-state index < -0.39 is 10.8 Å². The van der Waals surface area contributed by atoms with Crippen LogP contribution in [0.5, 0.6) is 0 Å². The van der Waals surface area contributed by atoms with E-state index in [2.05, 4.69) is 0 Å². The van der Waals surface area contributed by atoms with Crippen LogP contribution < -0.4 is 5.73 Å². The SMILES string of the molecule is NCC1CCCCCC1S(=O)c1ccc(Cl)cc1. The van der Waals surface area contributed by atoms with Gasteiger partial charge in [0, 0.05) is 15.2 Å². The lowest BCUT2D eigenvalue weighted by Crippen LogP contribution is -2.30. The normalized spacial score (nSPS) is 26.6. The zero-order valence-electron chi connectivity index (χ0n) is 10.5. The fourth-order valence-corrected chi connectivity index (χ4v) is 4.50. The van der Waals surface area contributed by atoms with Gasteiger partial charge in [-0.1, -0.05) is 30.9 Å². The molecule has 1 saturated carbocycles. The molecule has 1 aliphatic rings. The fourth-order valence-electron chi connectivity index (χ4n) is 2.65. The van der Waals surface area contributed by atoms with E-state index in [0.29, 0.717) is 17.5 Å². The molecule has 1 aromatic rings. The molecule has 0 aromatic heterocycles. The number of halogens is 1. The summed E-state index contributed by atoms with van der Waals surface area (Å²) in [7, 11) is -0.958. The molecule has 0 radical (unpaired) electrons. The van der Waals surface area contributed by atoms with Crippen LogP contribution in [-0.4, -0.2) is 16.0 Å². The van der Waals surface area contributed by atoms with E-state index >= 15 is 0 Å². The summed E-state index contributed by atoms with van der Waals surface area (Å²) in [4.78, 5) is 0.879. The lowest BCUT2D eigenvalue weighted by molar-refractivity contribution is 0.473. The molecule has 2 nitrogen and oxygen atoms in total. The van der Waals surface area contributed by atoms with Crippen LogP contribution in [0.3, 0.4) is 0 Å². The largest absolute Gasteiger partial charge is 0.330 e. The van der Waals surface area contributed by atoms with Gasteiger partial charge in [-0.05, 0) is 49.6 Å². The lowest BCUT2D eigenvalue weighted by Gasteiger charge is -2.23. The third-order valence-corrected chi connectivity index (χ3v) is 5.87. The Hall–Kier alpha value is -0.380. The molecule has 1 aliphatic carbocycles. The Balaban J connectivity index is 2.17. The highest BCUT2D eigenvalue weighted by Gasteiger charge is 2.28. The Morgan fingerprint density at radius 3 is 2.50 bits per heavy atom. The topological polar surface area (TPSA) is 43.1 Å². The first kappa shape index (κ1) is 14.0. The highest BCUT2D eigenvalue weighted by atomic mass is 35.5. The summed E-state index contributed by atoms with van der Waals surface area (Å²) >= 11 is 5.87. The summed E-state index contributed by atoms with van der Waals surface area (Å²) in [6.45, 7) is 0.643. The molecular formula is C14H20ClNOS. The summed E-state index contributed by atoms with van der Waals surface area (Å²) in [6, 6.07) is 7.36. The number of rotatable bonds is 3. The van der Waals surface area contributed by atoms with Crippen molar-refractivity contribution < 1.29 is 4.21 Å². The van der Waals surface area contributed by atoms with Gasteiger partial charge < -0.3 is 5.73 Å². The van der Waals surface area contributed by atoms with Crippen molar-refractivity contribution in [2.24, 2.45) is 11.7 Å². The molecule has 3 atom stereocenters. The van der Waals surface area contributed by atoms with Gasteiger partial charge in [-0.2, -0.15) is 0 Å². The average Bonchev–Trinajstić information content (AvgIpc) is 2.63. The predicted molar refractivity (Wildman–Crippen MR) is 77.3 cm³/mol. The molecule has 0 amide bonds. The van der Waals surface area contributed by atoms with E-state index in [1.54, 1.807) is 0 Å². The quantitative estimate of drug-likeness (QED) is 0.866. The number of nitrogens with two attached hydrogens (primary N) is 1. The van der Waals surface area contributed by atoms with Gasteiger partial charge in [0.25, 0.3) is 0 Å². The van der Waals surface area contributed by atoms with E-state index in [0.717, 1.165) is 17.7 Å². The first-order valence-corrected chi connectivity index (χ1v) is 8.17. The van der Waals surface area contributed by atoms with Gasteiger partial charge in [-0.3, -0.25) is 4.21 Å². The standard InChI is InChI=1S/C14H20ClNOS/c15-12-6-8-13(9-7-12)18(17)14-5-3-1-2-4-11(14)10-16/h6-9,11,14H,1-5,10,16H2. The second-order valence-electron chi connectivity index (χ2n) is 4.92. The van der Waals surface area contributed by atoms with Gasteiger partial charge in [0.2, 0.25) is 0 Å². The summed E-state index contributed by atoms with van der Waals surface area (Å²) in [5.41, 5.74) is 5.85. The summed E-state index contributed by atoms with van der Waals surface area (Å²) in [6.07, 6.45) is 5.76. The second-order valence-corrected chi connectivity index (χ2v) is 7.03. The van der Waals surface area contributed by atoms with Crippen molar-refractivity contribution in [3.63, 3.8) is 0 Å². The maximum atomic E-state index is 12.6. The Morgan fingerprint density at radius 2 is 1.83 bits per heavy atom. The first-order chi connectivity index (χ1) is 8.72. The minimum absolute atomic E-state index is 0.207. The van der Waals surface area contributed by atoms with Crippen molar-refractivity contribution in [2.45, 2.75) is 42.2 Å². The van der Waals surface area contributed by atoms with Crippen LogP contribution in [0.15, 0.2) is 29.2 Å². The average molecular weight is 286 g/mol. The van der Waals surface area contributed by atoms with Crippen molar-refractivity contribution in [3.05, 3.63) is 29.3 Å². The molecule has 4 heteroatoms. The van der Waals surface area contributed by atoms with Gasteiger partial charge in [0.05, 0.1) is 10.8 Å². The molecule has 100 valence electrons. The monoisotopic (exact) mass is 285 g/mol. The molecule has 18 heavy (non-hydrogen) atoms. The summed E-state index contributed by atoms with van der Waals surface area (Å²) in [5.74, 6) is 0.393. The van der Waals surface area contributed by atoms with Gasteiger partial charge in [0.15, 0.2) is 0 Å². The Morgan fingerprint density at radius 1 is 1.17 bits per heavy atom. The highest BCUT2D eigenvalue weighted by molar-refractivity contribution is 7.85. The number of hydrogen-bond acceptors (Lipinski definition) is 2. The minimum Gasteiger partial charge on any atom is -0.330 e. The lowest BCUT2D eigenvalue weighted by atomic mass is 10.0. The molecule has 1 aromatic carbocycles. The molecule has 0 saturated heterocycles. The molecule has 0 spiro atoms. The van der Waals surface area contributed by atoms with E-state index in [1.165, 1.54) is 19.3 Å². The maximum absolute atomic E-state index is 12.6. The van der Waals surface area contributed by atoms with Crippen molar-refractivity contribution >= 4 is 22.4 Å². The van der Waals surface area contributed by atoms with Crippen molar-refractivity contribution in [3.8, 4) is 0 Å². The summed E-state index contributed by atoms with van der Waals surface area (Å²) < 4.78 is 12.6. The Kier molecular flexibility index (Phi) is 5.22. The van der Waals surface area contributed by atoms with Crippen LogP contribution in [0.1, 0.15) is 32.1 Å². The molecular weight excluding hydrogens is 266 g/mol. The molecule has 2 rings (SSSR count). The van der Waals surface area contributed by atoms with Crippen LogP contribution in [-0.2, 0) is 10.8 Å². The third-order valence-electron chi connectivity index (χ3n) is 3.71. The Bertz CT molecular complexity index is 407. The van der Waals surface area contributed by atoms with Crippen LogP contribution in [0.25, 0.3) is 0 Å². The first-order valence-electron chi connectivity index (χ1n) is 6.58. The van der Waals surface area contributed by atoms with Gasteiger partial charge in [-0.15, -0.1) is 0 Å². The van der Waals surface area contributed by atoms with Crippen molar-refractivity contribution in [1.29, 1.82) is 0 Å². The van der Waals surface area contributed by atoms with Crippen LogP contribution in [0.2, 0.25) is 5.02 Å². The van der Waals surface area contributed by atoms with Crippen molar-refractivity contribution in [1.82, 2.24) is 0 Å². The molecule has 2 N–H and O–H groups in total. The zero-order valence-corrected chi connectivity index (χ0v) is 12.1. The summed E-state index contributed by atoms with van der Waals surface area (Å²) in [5, 5.41) is 0.894. The Labute approximate surface area is 116 Å². The maximum Gasteiger partial charge on any atom is 0.0564 e. The predicted octanol–water partition coefficient (Wildman–Crippen LogP) is 3.36. The molecule has 0 bridgehead atoms. The third kappa shape index (κ3) is 3.34. The highest BCUT2D eigenvalue weighted by Crippen LogP contribution is 2.29. The van der Waals surface area contributed by atoms with Gasteiger partial charge in [0.1, 0.15) is 0 Å². The van der Waals surface area contributed by atoms with E-state index in [1.807, 2.05) is 24.3 Å². The molecule has 3 unspecified atom stereocenters. The van der Waals surface area contributed by atoms with Gasteiger partial charge in [-0.25, -0.2) is 0 Å². The zero-order chi connectivity index (χ0) is 13.0. The molecule has 0 aliphatic heterocycles. The number of hydrogen-bond donors (Lipinski definition) is 1. The van der Waals surface area contributed by atoms with E-state index in [-0.39, 0.29) is 5.25 Å². The van der Waals surface area contributed by atoms with E-state index in [9.17, 15) is 4.21 Å².